The molecule has 0 fully saturated rings. The van der Waals surface area contributed by atoms with Gasteiger partial charge in [-0.25, -0.2) is 4.79 Å². The highest BCUT2D eigenvalue weighted by Crippen LogP contribution is 2.26. The lowest BCUT2D eigenvalue weighted by Crippen LogP contribution is -2.28. The van der Waals surface area contributed by atoms with E-state index >= 15 is 0 Å². The second-order valence-electron chi connectivity index (χ2n) is 6.23. The summed E-state index contributed by atoms with van der Waals surface area (Å²) >= 11 is 0. The number of benzene rings is 1. The molecule has 1 aliphatic heterocycles. The molecule has 0 aromatic heterocycles. The predicted octanol–water partition coefficient (Wildman–Crippen LogP) is 3.11. The number of carbonyl (C=O) groups is 1. The average Bonchev–Trinajstić information content (AvgIpc) is 2.55. The molecule has 1 aromatic rings. The second kappa shape index (κ2) is 8.51. The van der Waals surface area contributed by atoms with Gasteiger partial charge in [0, 0.05) is 12.8 Å². The van der Waals surface area contributed by atoms with E-state index in [1.165, 1.54) is 6.07 Å². The number of cyclic esters (lactones) is 1. The zero-order chi connectivity index (χ0) is 17.5. The van der Waals surface area contributed by atoms with Crippen molar-refractivity contribution in [1.29, 1.82) is 5.26 Å². The summed E-state index contributed by atoms with van der Waals surface area (Å²) < 4.78 is 5.52. The minimum absolute atomic E-state index is 0.0348. The zero-order valence-corrected chi connectivity index (χ0v) is 13.8. The number of ether oxygens (including phenoxy) is 1. The van der Waals surface area contributed by atoms with E-state index in [9.17, 15) is 15.0 Å². The van der Waals surface area contributed by atoms with E-state index in [1.807, 2.05) is 25.1 Å². The van der Waals surface area contributed by atoms with Crippen molar-refractivity contribution >= 4 is 5.97 Å². The molecule has 0 spiro atoms. The van der Waals surface area contributed by atoms with Gasteiger partial charge in [-0.1, -0.05) is 31.2 Å². The third-order valence-electron chi connectivity index (χ3n) is 4.36. The van der Waals surface area contributed by atoms with Crippen LogP contribution < -0.4 is 0 Å². The normalized spacial score (nSPS) is 26.2. The fourth-order valence-corrected chi connectivity index (χ4v) is 2.83. The molecule has 2 N–H and O–H groups in total. The van der Waals surface area contributed by atoms with Gasteiger partial charge in [0.1, 0.15) is 17.4 Å². The number of hydrogen-bond acceptors (Lipinski definition) is 5. The number of carbonyl (C=O) groups excluding carboxylic acids is 1. The second-order valence-corrected chi connectivity index (χ2v) is 6.23. The number of rotatable bonds is 2. The molecule has 5 nitrogen and oxygen atoms in total. The van der Waals surface area contributed by atoms with E-state index in [2.05, 4.69) is 0 Å². The van der Waals surface area contributed by atoms with Crippen LogP contribution in [0.5, 0.6) is 5.75 Å². The number of esters is 1. The Hall–Kier alpha value is -2.32. The molecule has 0 radical (unpaired) electrons. The van der Waals surface area contributed by atoms with Gasteiger partial charge in [-0.3, -0.25) is 0 Å². The number of aliphatic hydroxyl groups excluding tert-OH is 1. The largest absolute Gasteiger partial charge is 0.507 e. The average molecular weight is 329 g/mol. The Bertz CT molecular complexity index is 647. The molecule has 1 aromatic carbocycles. The summed E-state index contributed by atoms with van der Waals surface area (Å²) in [6.07, 6.45) is 4.86. The number of nitriles is 1. The fourth-order valence-electron chi connectivity index (χ4n) is 2.83. The lowest BCUT2D eigenvalue weighted by atomic mass is 9.93. The molecular formula is C19H23NO4. The number of phenolic OH excluding ortho intramolecular Hbond substituents is 1. The zero-order valence-electron chi connectivity index (χ0n) is 13.8. The van der Waals surface area contributed by atoms with Crippen LogP contribution in [0.1, 0.15) is 48.5 Å². The van der Waals surface area contributed by atoms with Gasteiger partial charge in [-0.05, 0) is 36.8 Å². The summed E-state index contributed by atoms with van der Waals surface area (Å²) in [5.74, 6) is -0.691. The maximum atomic E-state index is 12.5. The van der Waals surface area contributed by atoms with Crippen LogP contribution >= 0.6 is 0 Å². The highest BCUT2D eigenvalue weighted by Gasteiger charge is 2.25. The SMILES string of the molecule is C[C@H]1C/C=C/Cc2cccc(O)c2C(=O)O[C@@H](CCC#N)C[C@H]1O. The third-order valence-corrected chi connectivity index (χ3v) is 4.36. The van der Waals surface area contributed by atoms with Gasteiger partial charge in [0.15, 0.2) is 0 Å². The molecule has 1 aliphatic rings. The van der Waals surface area contributed by atoms with Crippen LogP contribution in [0.15, 0.2) is 30.4 Å². The van der Waals surface area contributed by atoms with E-state index < -0.39 is 18.2 Å². The molecule has 0 amide bonds. The van der Waals surface area contributed by atoms with Gasteiger partial charge in [0.25, 0.3) is 0 Å². The topological polar surface area (TPSA) is 90.5 Å². The van der Waals surface area contributed by atoms with Gasteiger partial charge >= 0.3 is 5.97 Å². The predicted molar refractivity (Wildman–Crippen MR) is 89.4 cm³/mol. The summed E-state index contributed by atoms with van der Waals surface area (Å²) in [6, 6.07) is 6.98. The standard InChI is InChI=1S/C19H23NO4/c1-13-6-2-3-7-14-8-4-10-16(21)18(14)19(23)24-15(9-5-11-20)12-17(13)22/h2-4,8,10,13,15,17,21-22H,5-7,9,12H2,1H3/b3-2+/t13-,15-,17+/m0/s1. The Kier molecular flexibility index (Phi) is 6.39. The summed E-state index contributed by atoms with van der Waals surface area (Å²) in [5.41, 5.74) is 0.858. The molecule has 0 bridgehead atoms. The van der Waals surface area contributed by atoms with Crippen molar-refractivity contribution in [3.8, 4) is 11.8 Å². The Balaban J connectivity index is 2.33. The minimum atomic E-state index is -0.616. The molecule has 3 atom stereocenters. The van der Waals surface area contributed by atoms with Gasteiger partial charge < -0.3 is 14.9 Å². The Morgan fingerprint density at radius 3 is 2.92 bits per heavy atom. The maximum Gasteiger partial charge on any atom is 0.342 e. The van der Waals surface area contributed by atoms with Crippen LogP contribution in [0, 0.1) is 17.2 Å². The van der Waals surface area contributed by atoms with Crippen molar-refractivity contribution in [3.63, 3.8) is 0 Å². The quantitative estimate of drug-likeness (QED) is 0.642. The monoisotopic (exact) mass is 329 g/mol. The van der Waals surface area contributed by atoms with E-state index in [0.717, 1.165) is 0 Å². The molecule has 5 heteroatoms. The lowest BCUT2D eigenvalue weighted by Gasteiger charge is -2.24. The first kappa shape index (κ1) is 18.0. The van der Waals surface area contributed by atoms with Crippen LogP contribution in [-0.2, 0) is 11.2 Å². The van der Waals surface area contributed by atoms with Crippen LogP contribution in [0.3, 0.4) is 0 Å². The number of fused-ring (bicyclic) bond motifs is 1. The third kappa shape index (κ3) is 4.59. The number of allylic oxidation sites excluding steroid dienone is 2. The summed E-state index contributed by atoms with van der Waals surface area (Å²) in [7, 11) is 0. The molecule has 24 heavy (non-hydrogen) atoms. The van der Waals surface area contributed by atoms with Crippen LogP contribution in [0.2, 0.25) is 0 Å². The fraction of sp³-hybridized carbons (Fsp3) is 0.474. The molecule has 0 unspecified atom stereocenters. The molecule has 0 saturated heterocycles. The highest BCUT2D eigenvalue weighted by molar-refractivity contribution is 5.94. The Labute approximate surface area is 142 Å². The Morgan fingerprint density at radius 1 is 1.38 bits per heavy atom. The van der Waals surface area contributed by atoms with Crippen molar-refractivity contribution in [2.45, 2.75) is 51.2 Å². The first-order valence-corrected chi connectivity index (χ1v) is 8.24. The summed E-state index contributed by atoms with van der Waals surface area (Å²) in [4.78, 5) is 12.5. The molecule has 2 rings (SSSR count). The first-order valence-electron chi connectivity index (χ1n) is 8.24. The van der Waals surface area contributed by atoms with Crippen LogP contribution in [0.4, 0.5) is 0 Å². The van der Waals surface area contributed by atoms with E-state index in [4.69, 9.17) is 10.00 Å². The van der Waals surface area contributed by atoms with Gasteiger partial charge in [-0.2, -0.15) is 5.26 Å². The van der Waals surface area contributed by atoms with Crippen molar-refractivity contribution < 1.29 is 19.7 Å². The molecule has 0 saturated carbocycles. The Morgan fingerprint density at radius 2 is 2.17 bits per heavy atom. The number of hydrogen-bond donors (Lipinski definition) is 2. The van der Waals surface area contributed by atoms with E-state index in [-0.39, 0.29) is 30.1 Å². The highest BCUT2D eigenvalue weighted by atomic mass is 16.5. The van der Waals surface area contributed by atoms with Crippen molar-refractivity contribution in [2.75, 3.05) is 0 Å². The lowest BCUT2D eigenvalue weighted by molar-refractivity contribution is 0.00380. The molecule has 0 aliphatic carbocycles. The maximum absolute atomic E-state index is 12.5. The summed E-state index contributed by atoms with van der Waals surface area (Å²) in [5, 5.41) is 29.2. The number of aliphatic hydroxyl groups is 1. The number of phenols is 1. The van der Waals surface area contributed by atoms with Crippen LogP contribution in [-0.4, -0.2) is 28.4 Å². The van der Waals surface area contributed by atoms with Crippen LogP contribution in [0.25, 0.3) is 0 Å². The van der Waals surface area contributed by atoms with Crippen molar-refractivity contribution in [3.05, 3.63) is 41.5 Å². The number of nitrogens with zero attached hydrogens (tertiary/aromatic N) is 1. The smallest absolute Gasteiger partial charge is 0.342 e. The summed E-state index contributed by atoms with van der Waals surface area (Å²) in [6.45, 7) is 1.95. The van der Waals surface area contributed by atoms with Crippen molar-refractivity contribution in [1.82, 2.24) is 0 Å². The minimum Gasteiger partial charge on any atom is -0.507 e. The van der Waals surface area contributed by atoms with E-state index in [0.29, 0.717) is 24.8 Å². The molecule has 1 heterocycles. The molecule has 128 valence electrons. The van der Waals surface area contributed by atoms with Gasteiger partial charge in [0.05, 0.1) is 12.2 Å². The molecular weight excluding hydrogens is 306 g/mol. The van der Waals surface area contributed by atoms with Gasteiger partial charge in [0.2, 0.25) is 0 Å². The van der Waals surface area contributed by atoms with Gasteiger partial charge in [-0.15, -0.1) is 0 Å². The van der Waals surface area contributed by atoms with Crippen molar-refractivity contribution in [2.24, 2.45) is 5.92 Å². The number of aromatic hydroxyl groups is 1. The first-order chi connectivity index (χ1) is 11.5. The van der Waals surface area contributed by atoms with E-state index in [1.54, 1.807) is 12.1 Å².